The minimum absolute atomic E-state index is 0.0685. The Hall–Kier alpha value is -1.03. The molecule has 0 heterocycles. The van der Waals surface area contributed by atoms with Crippen molar-refractivity contribution in [3.63, 3.8) is 0 Å². The van der Waals surface area contributed by atoms with Crippen LogP contribution in [0.4, 0.5) is 4.39 Å². The third kappa shape index (κ3) is 3.85. The number of halogens is 1. The van der Waals surface area contributed by atoms with Crippen LogP contribution < -0.4 is 4.74 Å². The van der Waals surface area contributed by atoms with Crippen LogP contribution in [0.15, 0.2) is 18.2 Å². The largest absolute Gasteiger partial charge is 0.490 e. The monoisotopic (exact) mass is 242 g/mol. The fourth-order valence-corrected chi connectivity index (χ4v) is 1.86. The van der Waals surface area contributed by atoms with E-state index in [2.05, 4.69) is 6.92 Å². The first-order chi connectivity index (χ1) is 7.79. The predicted octanol–water partition coefficient (Wildman–Crippen LogP) is 3.16. The predicted molar refractivity (Wildman–Crippen MR) is 64.9 cm³/mol. The van der Waals surface area contributed by atoms with E-state index in [9.17, 15) is 9.18 Å². The molecule has 0 fully saturated rings. The van der Waals surface area contributed by atoms with Crippen LogP contribution in [-0.4, -0.2) is 24.4 Å². The highest BCUT2D eigenvalue weighted by molar-refractivity contribution is 7.99. The Morgan fingerprint density at radius 3 is 3.00 bits per heavy atom. The third-order valence-corrected chi connectivity index (χ3v) is 2.99. The van der Waals surface area contributed by atoms with Gasteiger partial charge in [0.2, 0.25) is 0 Å². The van der Waals surface area contributed by atoms with Crippen LogP contribution in [-0.2, 0) is 0 Å². The summed E-state index contributed by atoms with van der Waals surface area (Å²) in [5, 5.41) is 0. The zero-order valence-electron chi connectivity index (χ0n) is 9.24. The van der Waals surface area contributed by atoms with Gasteiger partial charge in [0.1, 0.15) is 0 Å². The van der Waals surface area contributed by atoms with Crippen LogP contribution in [0.1, 0.15) is 23.7 Å². The Kier molecular flexibility index (Phi) is 5.93. The van der Waals surface area contributed by atoms with E-state index in [1.54, 1.807) is 6.07 Å². The lowest BCUT2D eigenvalue weighted by molar-refractivity contribution is 0.111. The molecule has 4 heteroatoms. The van der Waals surface area contributed by atoms with Crippen molar-refractivity contribution in [2.24, 2.45) is 0 Å². The molecule has 0 spiro atoms. The first-order valence-electron chi connectivity index (χ1n) is 5.23. The number of thioether (sulfide) groups is 1. The molecule has 0 saturated heterocycles. The molecule has 2 nitrogen and oxygen atoms in total. The zero-order chi connectivity index (χ0) is 11.8. The summed E-state index contributed by atoms with van der Waals surface area (Å²) in [6.07, 6.45) is 1.46. The number of para-hydroxylation sites is 1. The zero-order valence-corrected chi connectivity index (χ0v) is 10.1. The lowest BCUT2D eigenvalue weighted by atomic mass is 10.2. The summed E-state index contributed by atoms with van der Waals surface area (Å²) in [5.74, 6) is 1.65. The molecule has 0 aliphatic carbocycles. The van der Waals surface area contributed by atoms with Gasteiger partial charge in [-0.3, -0.25) is 4.79 Å². The van der Waals surface area contributed by atoms with Gasteiger partial charge in [-0.15, -0.1) is 0 Å². The normalized spacial score (nSPS) is 10.1. The highest BCUT2D eigenvalue weighted by Crippen LogP contribution is 2.21. The minimum Gasteiger partial charge on any atom is -0.490 e. The SMILES string of the molecule is CCSCCCOc1c(F)cccc1C=O. The molecule has 0 aliphatic rings. The maximum atomic E-state index is 13.3. The number of hydrogen-bond acceptors (Lipinski definition) is 3. The van der Waals surface area contributed by atoms with Gasteiger partial charge < -0.3 is 4.74 Å². The molecule has 0 amide bonds. The van der Waals surface area contributed by atoms with Crippen molar-refractivity contribution in [1.82, 2.24) is 0 Å². The number of rotatable bonds is 7. The molecule has 0 bridgehead atoms. The Bertz CT molecular complexity index is 342. The van der Waals surface area contributed by atoms with Crippen molar-refractivity contribution in [3.05, 3.63) is 29.6 Å². The molecule has 0 N–H and O–H groups in total. The van der Waals surface area contributed by atoms with Gasteiger partial charge in [0.15, 0.2) is 17.9 Å². The first-order valence-corrected chi connectivity index (χ1v) is 6.39. The van der Waals surface area contributed by atoms with Crippen LogP contribution >= 0.6 is 11.8 Å². The van der Waals surface area contributed by atoms with Crippen molar-refractivity contribution in [2.45, 2.75) is 13.3 Å². The fraction of sp³-hybridized carbons (Fsp3) is 0.417. The second-order valence-electron chi connectivity index (χ2n) is 3.17. The van der Waals surface area contributed by atoms with Gasteiger partial charge in [0.25, 0.3) is 0 Å². The number of carbonyl (C=O) groups excluding carboxylic acids is 1. The Morgan fingerprint density at radius 2 is 2.31 bits per heavy atom. The summed E-state index contributed by atoms with van der Waals surface area (Å²) < 4.78 is 18.6. The number of benzene rings is 1. The average Bonchev–Trinajstić information content (AvgIpc) is 2.30. The molecular weight excluding hydrogens is 227 g/mol. The topological polar surface area (TPSA) is 26.3 Å². The Labute approximate surface area is 99.2 Å². The average molecular weight is 242 g/mol. The highest BCUT2D eigenvalue weighted by Gasteiger charge is 2.08. The summed E-state index contributed by atoms with van der Waals surface area (Å²) in [4.78, 5) is 10.7. The van der Waals surface area contributed by atoms with Crippen LogP contribution in [0, 0.1) is 5.82 Å². The van der Waals surface area contributed by atoms with Gasteiger partial charge in [-0.1, -0.05) is 13.0 Å². The summed E-state index contributed by atoms with van der Waals surface area (Å²) >= 11 is 1.81. The van der Waals surface area contributed by atoms with Gasteiger partial charge in [-0.05, 0) is 30.1 Å². The third-order valence-electron chi connectivity index (χ3n) is 2.01. The molecule has 0 radical (unpaired) electrons. The van der Waals surface area contributed by atoms with Crippen LogP contribution in [0.5, 0.6) is 5.75 Å². The molecule has 1 rings (SSSR count). The molecule has 0 atom stereocenters. The van der Waals surface area contributed by atoms with Crippen LogP contribution in [0.2, 0.25) is 0 Å². The molecule has 0 aliphatic heterocycles. The second kappa shape index (κ2) is 7.28. The molecule has 16 heavy (non-hydrogen) atoms. The molecule has 88 valence electrons. The van der Waals surface area contributed by atoms with Gasteiger partial charge >= 0.3 is 0 Å². The molecule has 1 aromatic rings. The van der Waals surface area contributed by atoms with E-state index < -0.39 is 5.82 Å². The maximum Gasteiger partial charge on any atom is 0.165 e. The van der Waals surface area contributed by atoms with Crippen LogP contribution in [0.3, 0.4) is 0 Å². The van der Waals surface area contributed by atoms with E-state index >= 15 is 0 Å². The minimum atomic E-state index is -0.479. The van der Waals surface area contributed by atoms with Gasteiger partial charge in [-0.25, -0.2) is 4.39 Å². The van der Waals surface area contributed by atoms with Crippen LogP contribution in [0.25, 0.3) is 0 Å². The quantitative estimate of drug-likeness (QED) is 0.542. The van der Waals surface area contributed by atoms with E-state index in [-0.39, 0.29) is 11.3 Å². The Balaban J connectivity index is 2.49. The molecule has 0 saturated carbocycles. The van der Waals surface area contributed by atoms with E-state index in [0.29, 0.717) is 12.9 Å². The van der Waals surface area contributed by atoms with Gasteiger partial charge in [-0.2, -0.15) is 11.8 Å². The lowest BCUT2D eigenvalue weighted by Gasteiger charge is -2.08. The van der Waals surface area contributed by atoms with Gasteiger partial charge in [0.05, 0.1) is 12.2 Å². The molecule has 0 aromatic heterocycles. The summed E-state index contributed by atoms with van der Waals surface area (Å²) in [7, 11) is 0. The Morgan fingerprint density at radius 1 is 1.50 bits per heavy atom. The smallest absolute Gasteiger partial charge is 0.165 e. The highest BCUT2D eigenvalue weighted by atomic mass is 32.2. The summed E-state index contributed by atoms with van der Waals surface area (Å²) in [5.41, 5.74) is 0.267. The number of aldehydes is 1. The van der Waals surface area contributed by atoms with Crippen molar-refractivity contribution >= 4 is 18.0 Å². The van der Waals surface area contributed by atoms with Crippen molar-refractivity contribution in [2.75, 3.05) is 18.1 Å². The summed E-state index contributed by atoms with van der Waals surface area (Å²) in [6.45, 7) is 2.53. The first kappa shape index (κ1) is 13.0. The van der Waals surface area contributed by atoms with Crippen molar-refractivity contribution < 1.29 is 13.9 Å². The molecule has 0 unspecified atom stereocenters. The van der Waals surface area contributed by atoms with Gasteiger partial charge in [0, 0.05) is 0 Å². The van der Waals surface area contributed by atoms with Crippen molar-refractivity contribution in [3.8, 4) is 5.75 Å². The standard InChI is InChI=1S/C12H15FO2S/c1-2-16-8-4-7-15-12-10(9-14)5-3-6-11(12)13/h3,5-6,9H,2,4,7-8H2,1H3. The lowest BCUT2D eigenvalue weighted by Crippen LogP contribution is -2.03. The molecular formula is C12H15FO2S. The second-order valence-corrected chi connectivity index (χ2v) is 4.57. The summed E-state index contributed by atoms with van der Waals surface area (Å²) in [6, 6.07) is 4.34. The van der Waals surface area contributed by atoms with Crippen molar-refractivity contribution in [1.29, 1.82) is 0 Å². The number of hydrogen-bond donors (Lipinski definition) is 0. The molecule has 1 aromatic carbocycles. The number of carbonyl (C=O) groups is 1. The van der Waals surface area contributed by atoms with E-state index in [1.807, 2.05) is 11.8 Å². The van der Waals surface area contributed by atoms with E-state index in [0.717, 1.165) is 17.9 Å². The van der Waals surface area contributed by atoms with E-state index in [4.69, 9.17) is 4.74 Å². The fourth-order valence-electron chi connectivity index (χ4n) is 1.25. The van der Waals surface area contributed by atoms with E-state index in [1.165, 1.54) is 12.1 Å². The maximum absolute atomic E-state index is 13.3. The number of ether oxygens (including phenoxy) is 1.